The molecule has 1 heterocycles. The van der Waals surface area contributed by atoms with Gasteiger partial charge >= 0.3 is 11.8 Å². The van der Waals surface area contributed by atoms with Gasteiger partial charge in [-0.3, -0.25) is 15.0 Å². The van der Waals surface area contributed by atoms with Gasteiger partial charge in [0.1, 0.15) is 0 Å². The second-order valence-corrected chi connectivity index (χ2v) is 3.88. The molecule has 3 N–H and O–H groups in total. The van der Waals surface area contributed by atoms with Gasteiger partial charge in [-0.2, -0.15) is 0 Å². The van der Waals surface area contributed by atoms with E-state index >= 15 is 0 Å². The van der Waals surface area contributed by atoms with Crippen molar-refractivity contribution in [3.05, 3.63) is 0 Å². The number of hydrogen-bond acceptors (Lipinski definition) is 3. The lowest BCUT2D eigenvalue weighted by Gasteiger charge is -2.28. The van der Waals surface area contributed by atoms with Gasteiger partial charge in [0.2, 0.25) is 0 Å². The summed E-state index contributed by atoms with van der Waals surface area (Å²) >= 11 is 0. The van der Waals surface area contributed by atoms with Crippen LogP contribution in [-0.2, 0) is 9.59 Å². The lowest BCUT2D eigenvalue weighted by Crippen LogP contribution is -2.49. The molecule has 1 aliphatic rings. The Balaban J connectivity index is 2.69. The molecule has 15 heavy (non-hydrogen) atoms. The quantitative estimate of drug-likeness (QED) is 0.282. The lowest BCUT2D eigenvalue weighted by atomic mass is 10.1. The second kappa shape index (κ2) is 5.70. The van der Waals surface area contributed by atoms with Crippen molar-refractivity contribution in [2.24, 2.45) is 5.84 Å². The SMILES string of the molecule is CCC1CCCCCN1C(=O)C(=O)NN. The fourth-order valence-corrected chi connectivity index (χ4v) is 2.06. The number of carbonyl (C=O) groups is 2. The molecule has 1 aliphatic heterocycles. The Labute approximate surface area is 90.0 Å². The summed E-state index contributed by atoms with van der Waals surface area (Å²) in [5.74, 6) is 3.75. The molecule has 0 aromatic heterocycles. The molecule has 1 atom stereocenters. The van der Waals surface area contributed by atoms with Gasteiger partial charge in [0, 0.05) is 12.6 Å². The molecule has 0 bridgehead atoms. The molecule has 5 heteroatoms. The van der Waals surface area contributed by atoms with Gasteiger partial charge < -0.3 is 4.90 Å². The molecule has 0 aromatic carbocycles. The number of nitrogens with zero attached hydrogens (tertiary/aromatic N) is 1. The van der Waals surface area contributed by atoms with Crippen LogP contribution in [0.2, 0.25) is 0 Å². The van der Waals surface area contributed by atoms with E-state index in [2.05, 4.69) is 0 Å². The molecule has 0 aromatic rings. The van der Waals surface area contributed by atoms with Gasteiger partial charge in [-0.25, -0.2) is 5.84 Å². The van der Waals surface area contributed by atoms with E-state index in [1.165, 1.54) is 0 Å². The van der Waals surface area contributed by atoms with E-state index in [4.69, 9.17) is 5.84 Å². The monoisotopic (exact) mass is 213 g/mol. The number of amides is 2. The van der Waals surface area contributed by atoms with E-state index in [9.17, 15) is 9.59 Å². The van der Waals surface area contributed by atoms with Crippen LogP contribution in [0.15, 0.2) is 0 Å². The highest BCUT2D eigenvalue weighted by molar-refractivity contribution is 6.34. The Kier molecular flexibility index (Phi) is 4.55. The van der Waals surface area contributed by atoms with Crippen molar-refractivity contribution in [1.82, 2.24) is 10.3 Å². The first-order valence-electron chi connectivity index (χ1n) is 5.52. The summed E-state index contributed by atoms with van der Waals surface area (Å²) in [4.78, 5) is 24.5. The minimum atomic E-state index is -0.713. The average molecular weight is 213 g/mol. The predicted molar refractivity (Wildman–Crippen MR) is 56.6 cm³/mol. The maximum absolute atomic E-state index is 11.7. The van der Waals surface area contributed by atoms with Crippen LogP contribution in [-0.4, -0.2) is 29.3 Å². The smallest absolute Gasteiger partial charge is 0.323 e. The molecular formula is C10H19N3O2. The number of carbonyl (C=O) groups excluding carboxylic acids is 2. The number of rotatable bonds is 1. The second-order valence-electron chi connectivity index (χ2n) is 3.88. The molecule has 1 rings (SSSR count). The van der Waals surface area contributed by atoms with Gasteiger partial charge in [0.05, 0.1) is 0 Å². The van der Waals surface area contributed by atoms with Crippen LogP contribution >= 0.6 is 0 Å². The standard InChI is InChI=1S/C10H19N3O2/c1-2-8-6-4-3-5-7-13(8)10(15)9(14)12-11/h8H,2-7,11H2,1H3,(H,12,14). The van der Waals surface area contributed by atoms with Crippen LogP contribution in [0.4, 0.5) is 0 Å². The van der Waals surface area contributed by atoms with Crippen molar-refractivity contribution in [1.29, 1.82) is 0 Å². The van der Waals surface area contributed by atoms with Gasteiger partial charge in [0.15, 0.2) is 0 Å². The maximum Gasteiger partial charge on any atom is 0.323 e. The average Bonchev–Trinajstić information content (AvgIpc) is 2.51. The normalized spacial score (nSPS) is 22.0. The zero-order valence-corrected chi connectivity index (χ0v) is 9.16. The molecule has 0 spiro atoms. The van der Waals surface area contributed by atoms with E-state index in [0.29, 0.717) is 6.54 Å². The number of likely N-dealkylation sites (tertiary alicyclic amines) is 1. The highest BCUT2D eigenvalue weighted by atomic mass is 16.2. The number of hydrogen-bond donors (Lipinski definition) is 2. The summed E-state index contributed by atoms with van der Waals surface area (Å²) in [6.45, 7) is 2.71. The molecule has 0 saturated carbocycles. The molecular weight excluding hydrogens is 194 g/mol. The third-order valence-electron chi connectivity index (χ3n) is 2.93. The zero-order chi connectivity index (χ0) is 11.3. The number of hydrazine groups is 1. The Bertz CT molecular complexity index is 243. The minimum absolute atomic E-state index is 0.192. The molecule has 0 aliphatic carbocycles. The highest BCUT2D eigenvalue weighted by Gasteiger charge is 2.27. The summed E-state index contributed by atoms with van der Waals surface area (Å²) in [6.07, 6.45) is 5.11. The predicted octanol–water partition coefficient (Wildman–Crippen LogP) is 0.158. The Morgan fingerprint density at radius 2 is 2.13 bits per heavy atom. The summed E-state index contributed by atoms with van der Waals surface area (Å²) in [7, 11) is 0. The summed E-state index contributed by atoms with van der Waals surface area (Å²) in [6, 6.07) is 0.192. The Hall–Kier alpha value is -1.10. The number of nitrogens with two attached hydrogens (primary N) is 1. The van der Waals surface area contributed by atoms with Crippen LogP contribution in [0, 0.1) is 0 Å². The third-order valence-corrected chi connectivity index (χ3v) is 2.93. The minimum Gasteiger partial charge on any atom is -0.331 e. The van der Waals surface area contributed by atoms with E-state index in [1.807, 2.05) is 12.3 Å². The third kappa shape index (κ3) is 2.92. The first-order valence-corrected chi connectivity index (χ1v) is 5.52. The van der Waals surface area contributed by atoms with E-state index < -0.39 is 11.8 Å². The Morgan fingerprint density at radius 1 is 1.40 bits per heavy atom. The van der Waals surface area contributed by atoms with Crippen LogP contribution in [0.1, 0.15) is 39.0 Å². The summed E-state index contributed by atoms with van der Waals surface area (Å²) in [5.41, 5.74) is 1.90. The highest BCUT2D eigenvalue weighted by Crippen LogP contribution is 2.19. The van der Waals surface area contributed by atoms with E-state index in [1.54, 1.807) is 4.90 Å². The van der Waals surface area contributed by atoms with Crippen molar-refractivity contribution in [3.63, 3.8) is 0 Å². The zero-order valence-electron chi connectivity index (χ0n) is 9.16. The van der Waals surface area contributed by atoms with Gasteiger partial charge in [-0.05, 0) is 19.3 Å². The fraction of sp³-hybridized carbons (Fsp3) is 0.800. The molecule has 1 fully saturated rings. The van der Waals surface area contributed by atoms with E-state index in [0.717, 1.165) is 32.1 Å². The lowest BCUT2D eigenvalue weighted by molar-refractivity contribution is -0.147. The van der Waals surface area contributed by atoms with Crippen molar-refractivity contribution < 1.29 is 9.59 Å². The summed E-state index contributed by atoms with van der Waals surface area (Å²) in [5, 5.41) is 0. The molecule has 0 radical (unpaired) electrons. The fourth-order valence-electron chi connectivity index (χ4n) is 2.06. The first kappa shape index (κ1) is 12.0. The molecule has 1 unspecified atom stereocenters. The maximum atomic E-state index is 11.7. The van der Waals surface area contributed by atoms with Gasteiger partial charge in [-0.1, -0.05) is 19.8 Å². The first-order chi connectivity index (χ1) is 7.20. The van der Waals surface area contributed by atoms with Gasteiger partial charge in [-0.15, -0.1) is 0 Å². The Morgan fingerprint density at radius 3 is 2.73 bits per heavy atom. The van der Waals surface area contributed by atoms with Crippen molar-refractivity contribution in [2.75, 3.05) is 6.54 Å². The van der Waals surface area contributed by atoms with Gasteiger partial charge in [0.25, 0.3) is 0 Å². The topological polar surface area (TPSA) is 75.4 Å². The summed E-state index contributed by atoms with van der Waals surface area (Å²) < 4.78 is 0. The molecule has 2 amide bonds. The van der Waals surface area contributed by atoms with Crippen molar-refractivity contribution in [3.8, 4) is 0 Å². The number of nitrogens with one attached hydrogen (secondary N) is 1. The molecule has 1 saturated heterocycles. The van der Waals surface area contributed by atoms with Crippen molar-refractivity contribution in [2.45, 2.75) is 45.1 Å². The van der Waals surface area contributed by atoms with Crippen LogP contribution in [0.3, 0.4) is 0 Å². The van der Waals surface area contributed by atoms with E-state index in [-0.39, 0.29) is 6.04 Å². The largest absolute Gasteiger partial charge is 0.331 e. The molecule has 86 valence electrons. The van der Waals surface area contributed by atoms with Crippen LogP contribution < -0.4 is 11.3 Å². The molecule has 5 nitrogen and oxygen atoms in total. The van der Waals surface area contributed by atoms with Crippen LogP contribution in [0.25, 0.3) is 0 Å². The van der Waals surface area contributed by atoms with Crippen LogP contribution in [0.5, 0.6) is 0 Å². The van der Waals surface area contributed by atoms with Crippen molar-refractivity contribution >= 4 is 11.8 Å².